The van der Waals surface area contributed by atoms with E-state index in [0.29, 0.717) is 5.82 Å². The van der Waals surface area contributed by atoms with E-state index in [9.17, 15) is 0 Å². The number of aromatic nitrogens is 2. The van der Waals surface area contributed by atoms with Gasteiger partial charge >= 0.3 is 0 Å². The van der Waals surface area contributed by atoms with E-state index < -0.39 is 0 Å². The summed E-state index contributed by atoms with van der Waals surface area (Å²) in [6.07, 6.45) is 0. The first-order chi connectivity index (χ1) is 27.2. The largest absolute Gasteiger partial charge is 0.455 e. The van der Waals surface area contributed by atoms with Crippen LogP contribution in [0.2, 0.25) is 0 Å². The molecule has 0 aliphatic rings. The Balaban J connectivity index is 1.22. The molecule has 0 aliphatic carbocycles. The molecular formula is C52H34N2O. The van der Waals surface area contributed by atoms with E-state index in [1.807, 2.05) is 30.3 Å². The first-order valence-corrected chi connectivity index (χ1v) is 18.6. The number of benzene rings is 8. The SMILES string of the molecule is c1ccc(-c2cc(-c3cc(-c4ccc(-c5ccccc5)cc4-c4ccccc4)nc(-c4ccccc4)n3)cc(-c3cccc4c3oc3ccccc34)c2)cc1. The van der Waals surface area contributed by atoms with Crippen molar-refractivity contribution in [1.82, 2.24) is 9.97 Å². The van der Waals surface area contributed by atoms with Crippen LogP contribution in [0.4, 0.5) is 0 Å². The molecule has 10 aromatic rings. The van der Waals surface area contributed by atoms with E-state index in [2.05, 4.69) is 176 Å². The lowest BCUT2D eigenvalue weighted by atomic mass is 9.91. The van der Waals surface area contributed by atoms with Gasteiger partial charge in [0.1, 0.15) is 11.2 Å². The van der Waals surface area contributed by atoms with Crippen molar-refractivity contribution in [2.75, 3.05) is 0 Å². The molecule has 0 spiro atoms. The monoisotopic (exact) mass is 702 g/mol. The van der Waals surface area contributed by atoms with Crippen LogP contribution in [0.25, 0.3) is 100 Å². The molecule has 0 aliphatic heterocycles. The Morgan fingerprint density at radius 3 is 1.58 bits per heavy atom. The lowest BCUT2D eigenvalue weighted by Gasteiger charge is -2.16. The summed E-state index contributed by atoms with van der Waals surface area (Å²) < 4.78 is 6.55. The predicted octanol–water partition coefficient (Wildman–Crippen LogP) is 14.0. The molecule has 0 fully saturated rings. The maximum Gasteiger partial charge on any atom is 0.160 e. The number of rotatable bonds is 7. The predicted molar refractivity (Wildman–Crippen MR) is 227 cm³/mol. The second-order valence-electron chi connectivity index (χ2n) is 13.8. The van der Waals surface area contributed by atoms with Crippen molar-refractivity contribution < 1.29 is 4.42 Å². The highest BCUT2D eigenvalue weighted by molar-refractivity contribution is 6.09. The number of hydrogen-bond acceptors (Lipinski definition) is 3. The quantitative estimate of drug-likeness (QED) is 0.166. The molecule has 3 nitrogen and oxygen atoms in total. The number of hydrogen-bond donors (Lipinski definition) is 0. The van der Waals surface area contributed by atoms with Gasteiger partial charge in [-0.25, -0.2) is 9.97 Å². The number of para-hydroxylation sites is 2. The molecule has 0 atom stereocenters. The van der Waals surface area contributed by atoms with Crippen LogP contribution in [0.5, 0.6) is 0 Å². The van der Waals surface area contributed by atoms with Gasteiger partial charge in [-0.3, -0.25) is 0 Å². The Hall–Kier alpha value is -7.36. The zero-order valence-corrected chi connectivity index (χ0v) is 29.9. The van der Waals surface area contributed by atoms with Gasteiger partial charge in [0.15, 0.2) is 5.82 Å². The van der Waals surface area contributed by atoms with Crippen molar-refractivity contribution in [2.24, 2.45) is 0 Å². The number of fused-ring (bicyclic) bond motifs is 3. The molecule has 10 rings (SSSR count). The van der Waals surface area contributed by atoms with Gasteiger partial charge in [0.2, 0.25) is 0 Å². The topological polar surface area (TPSA) is 38.9 Å². The highest BCUT2D eigenvalue weighted by Crippen LogP contribution is 2.41. The van der Waals surface area contributed by atoms with Gasteiger partial charge in [-0.05, 0) is 75.3 Å². The first-order valence-electron chi connectivity index (χ1n) is 18.6. The van der Waals surface area contributed by atoms with Gasteiger partial charge in [0.05, 0.1) is 11.4 Å². The van der Waals surface area contributed by atoms with Gasteiger partial charge in [-0.2, -0.15) is 0 Å². The second-order valence-corrected chi connectivity index (χ2v) is 13.8. The Morgan fingerprint density at radius 2 is 0.855 bits per heavy atom. The summed E-state index contributed by atoms with van der Waals surface area (Å²) in [6, 6.07) is 72.2. The third-order valence-corrected chi connectivity index (χ3v) is 10.3. The lowest BCUT2D eigenvalue weighted by Crippen LogP contribution is -1.98. The van der Waals surface area contributed by atoms with E-state index in [1.165, 1.54) is 5.56 Å². The standard InChI is InChI=1S/C52H34N2O/c1-5-16-35(17-6-1)39-28-29-44(47(33-39)37-20-9-3-10-21-37)49-34-48(53-52(54-49)38-22-11-4-12-23-38)42-31-40(36-18-7-2-8-19-36)30-41(32-42)43-25-15-26-46-45-24-13-14-27-50(45)55-51(43)46/h1-34H. The summed E-state index contributed by atoms with van der Waals surface area (Å²) in [7, 11) is 0. The average Bonchev–Trinajstić information content (AvgIpc) is 3.66. The normalized spacial score (nSPS) is 11.3. The van der Waals surface area contributed by atoms with Crippen LogP contribution in [0.1, 0.15) is 0 Å². The van der Waals surface area contributed by atoms with Crippen LogP contribution in [-0.4, -0.2) is 9.97 Å². The number of furan rings is 1. The fraction of sp³-hybridized carbons (Fsp3) is 0. The molecule has 0 N–H and O–H groups in total. The third-order valence-electron chi connectivity index (χ3n) is 10.3. The van der Waals surface area contributed by atoms with E-state index in [0.717, 1.165) is 89.0 Å². The van der Waals surface area contributed by atoms with Gasteiger partial charge in [0, 0.05) is 33.0 Å². The molecule has 0 saturated heterocycles. The van der Waals surface area contributed by atoms with Gasteiger partial charge in [-0.1, -0.05) is 170 Å². The van der Waals surface area contributed by atoms with E-state index in [4.69, 9.17) is 14.4 Å². The molecule has 258 valence electrons. The van der Waals surface area contributed by atoms with Crippen LogP contribution in [0.3, 0.4) is 0 Å². The Bertz CT molecular complexity index is 2950. The highest BCUT2D eigenvalue weighted by atomic mass is 16.3. The Kier molecular flexibility index (Phi) is 8.16. The minimum absolute atomic E-state index is 0.672. The van der Waals surface area contributed by atoms with Gasteiger partial charge in [0.25, 0.3) is 0 Å². The van der Waals surface area contributed by atoms with Crippen molar-refractivity contribution in [2.45, 2.75) is 0 Å². The van der Waals surface area contributed by atoms with Crippen LogP contribution < -0.4 is 0 Å². The molecule has 0 unspecified atom stereocenters. The van der Waals surface area contributed by atoms with Crippen LogP contribution >= 0.6 is 0 Å². The summed E-state index contributed by atoms with van der Waals surface area (Å²) in [5.74, 6) is 0.672. The van der Waals surface area contributed by atoms with Crippen molar-refractivity contribution in [1.29, 1.82) is 0 Å². The summed E-state index contributed by atoms with van der Waals surface area (Å²) in [5, 5.41) is 2.21. The molecule has 0 radical (unpaired) electrons. The molecule has 3 heteroatoms. The van der Waals surface area contributed by atoms with Gasteiger partial charge in [-0.15, -0.1) is 0 Å². The minimum Gasteiger partial charge on any atom is -0.455 e. The van der Waals surface area contributed by atoms with Crippen molar-refractivity contribution >= 4 is 21.9 Å². The lowest BCUT2D eigenvalue weighted by molar-refractivity contribution is 0.670. The summed E-state index contributed by atoms with van der Waals surface area (Å²) >= 11 is 0. The van der Waals surface area contributed by atoms with Crippen molar-refractivity contribution in [3.8, 4) is 78.4 Å². The summed E-state index contributed by atoms with van der Waals surface area (Å²) in [6.45, 7) is 0. The van der Waals surface area contributed by atoms with Gasteiger partial charge < -0.3 is 4.42 Å². The maximum absolute atomic E-state index is 6.55. The van der Waals surface area contributed by atoms with E-state index >= 15 is 0 Å². The molecule has 8 aromatic carbocycles. The summed E-state index contributed by atoms with van der Waals surface area (Å²) in [4.78, 5) is 10.6. The average molecular weight is 703 g/mol. The molecule has 0 saturated carbocycles. The zero-order valence-electron chi connectivity index (χ0n) is 29.9. The zero-order chi connectivity index (χ0) is 36.6. The minimum atomic E-state index is 0.672. The molecule has 0 bridgehead atoms. The molecule has 55 heavy (non-hydrogen) atoms. The van der Waals surface area contributed by atoms with E-state index in [-0.39, 0.29) is 0 Å². The van der Waals surface area contributed by atoms with Crippen LogP contribution in [0, 0.1) is 0 Å². The fourth-order valence-electron chi connectivity index (χ4n) is 7.59. The molecular weight excluding hydrogens is 669 g/mol. The molecule has 0 amide bonds. The Labute approximate surface area is 319 Å². The van der Waals surface area contributed by atoms with E-state index in [1.54, 1.807) is 0 Å². The van der Waals surface area contributed by atoms with Crippen molar-refractivity contribution in [3.63, 3.8) is 0 Å². The summed E-state index contributed by atoms with van der Waals surface area (Å²) in [5.41, 5.74) is 15.3. The van der Waals surface area contributed by atoms with Crippen LogP contribution in [-0.2, 0) is 0 Å². The fourth-order valence-corrected chi connectivity index (χ4v) is 7.59. The maximum atomic E-state index is 6.55. The highest BCUT2D eigenvalue weighted by Gasteiger charge is 2.18. The van der Waals surface area contributed by atoms with Crippen LogP contribution in [0.15, 0.2) is 211 Å². The number of nitrogens with zero attached hydrogens (tertiary/aromatic N) is 2. The molecule has 2 heterocycles. The Morgan fingerprint density at radius 1 is 0.291 bits per heavy atom. The first kappa shape index (κ1) is 32.3. The second kappa shape index (κ2) is 13.9. The van der Waals surface area contributed by atoms with Crippen molar-refractivity contribution in [3.05, 3.63) is 206 Å². The smallest absolute Gasteiger partial charge is 0.160 e. The third kappa shape index (κ3) is 6.18. The molecule has 2 aromatic heterocycles.